The van der Waals surface area contributed by atoms with E-state index in [9.17, 15) is 9.59 Å². The third-order valence-corrected chi connectivity index (χ3v) is 5.40. The van der Waals surface area contributed by atoms with Crippen molar-refractivity contribution in [2.45, 2.75) is 77.9 Å². The number of allylic oxidation sites excluding steroid dienone is 1. The minimum Gasteiger partial charge on any atom is -0.449 e. The molecule has 2 aliphatic carbocycles. The van der Waals surface area contributed by atoms with Crippen LogP contribution in [0.3, 0.4) is 0 Å². The van der Waals surface area contributed by atoms with Crippen LogP contribution < -0.4 is 5.32 Å². The predicted octanol–water partition coefficient (Wildman–Crippen LogP) is 3.99. The summed E-state index contributed by atoms with van der Waals surface area (Å²) in [5.41, 5.74) is 4.01. The van der Waals surface area contributed by atoms with Crippen molar-refractivity contribution in [1.82, 2.24) is 9.88 Å². The van der Waals surface area contributed by atoms with Gasteiger partial charge >= 0.3 is 5.97 Å². The molecule has 1 atom stereocenters. The second kappa shape index (κ2) is 8.11. The first-order valence-electron chi connectivity index (χ1n) is 9.82. The number of esters is 1. The summed E-state index contributed by atoms with van der Waals surface area (Å²) in [6.45, 7) is 6.19. The molecule has 1 aromatic heterocycles. The maximum atomic E-state index is 12.5. The molecule has 1 saturated carbocycles. The second-order valence-corrected chi connectivity index (χ2v) is 7.58. The Morgan fingerprint density at radius 1 is 1.31 bits per heavy atom. The average molecular weight is 358 g/mol. The largest absolute Gasteiger partial charge is 0.449 e. The molecule has 0 aromatic carbocycles. The van der Waals surface area contributed by atoms with Crippen LogP contribution in [0.25, 0.3) is 0 Å². The second-order valence-electron chi connectivity index (χ2n) is 7.58. The zero-order valence-corrected chi connectivity index (χ0v) is 16.1. The molecule has 3 rings (SSSR count). The quantitative estimate of drug-likeness (QED) is 0.592. The van der Waals surface area contributed by atoms with E-state index in [0.717, 1.165) is 30.7 Å². The summed E-state index contributed by atoms with van der Waals surface area (Å²) in [6.07, 6.45) is 9.51. The smallest absolute Gasteiger partial charge is 0.340 e. The molecule has 1 fully saturated rings. The standard InChI is InChI=1S/C21H30N2O3/c1-14-13-19(15(2)23(14)18-9-10-18)21(25)26-16(3)20(24)22-12-11-17-7-5-4-6-8-17/h7,13,16,18H,4-6,8-12H2,1-3H3,(H,22,24)/t16-/m1/s1. The van der Waals surface area contributed by atoms with Crippen LogP contribution in [0.4, 0.5) is 0 Å². The number of carbonyl (C=O) groups excluding carboxylic acids is 2. The summed E-state index contributed by atoms with van der Waals surface area (Å²) in [4.78, 5) is 24.7. The van der Waals surface area contributed by atoms with Crippen LogP contribution in [-0.2, 0) is 9.53 Å². The van der Waals surface area contributed by atoms with Crippen molar-refractivity contribution in [3.63, 3.8) is 0 Å². The zero-order chi connectivity index (χ0) is 18.7. The van der Waals surface area contributed by atoms with E-state index in [4.69, 9.17) is 4.74 Å². The summed E-state index contributed by atoms with van der Waals surface area (Å²) in [5, 5.41) is 2.88. The molecule has 0 aliphatic heterocycles. The highest BCUT2D eigenvalue weighted by Gasteiger charge is 2.29. The fourth-order valence-corrected chi connectivity index (χ4v) is 3.78. The molecule has 0 saturated heterocycles. The third-order valence-electron chi connectivity index (χ3n) is 5.40. The Kier molecular flexibility index (Phi) is 5.84. The van der Waals surface area contributed by atoms with Gasteiger partial charge in [0.25, 0.3) is 5.91 Å². The Balaban J connectivity index is 1.49. The van der Waals surface area contributed by atoms with Crippen molar-refractivity contribution in [1.29, 1.82) is 0 Å². The molecular weight excluding hydrogens is 328 g/mol. The van der Waals surface area contributed by atoms with E-state index >= 15 is 0 Å². The summed E-state index contributed by atoms with van der Waals surface area (Å²) >= 11 is 0. The number of carbonyl (C=O) groups is 2. The molecule has 0 spiro atoms. The van der Waals surface area contributed by atoms with E-state index in [1.54, 1.807) is 6.92 Å². The van der Waals surface area contributed by atoms with E-state index in [1.165, 1.54) is 31.3 Å². The van der Waals surface area contributed by atoms with Gasteiger partial charge in [0.15, 0.2) is 6.10 Å². The fraction of sp³-hybridized carbons (Fsp3) is 0.619. The average Bonchev–Trinajstić information content (AvgIpc) is 3.40. The van der Waals surface area contributed by atoms with Gasteiger partial charge in [-0.1, -0.05) is 11.6 Å². The lowest BCUT2D eigenvalue weighted by molar-refractivity contribution is -0.129. The molecule has 0 radical (unpaired) electrons. The lowest BCUT2D eigenvalue weighted by Crippen LogP contribution is -2.36. The molecule has 142 valence electrons. The van der Waals surface area contributed by atoms with Crippen molar-refractivity contribution in [2.75, 3.05) is 6.54 Å². The number of hydrogen-bond acceptors (Lipinski definition) is 3. The highest BCUT2D eigenvalue weighted by Crippen LogP contribution is 2.38. The van der Waals surface area contributed by atoms with Crippen molar-refractivity contribution in [3.8, 4) is 0 Å². The van der Waals surface area contributed by atoms with Crippen molar-refractivity contribution >= 4 is 11.9 Å². The summed E-state index contributed by atoms with van der Waals surface area (Å²) in [7, 11) is 0. The molecule has 5 nitrogen and oxygen atoms in total. The SMILES string of the molecule is Cc1cc(C(=O)O[C@H](C)C(=O)NCCC2=CCCCC2)c(C)n1C1CC1. The van der Waals surface area contributed by atoms with Crippen LogP contribution in [-0.4, -0.2) is 29.1 Å². The van der Waals surface area contributed by atoms with Crippen LogP contribution >= 0.6 is 0 Å². The topological polar surface area (TPSA) is 60.3 Å². The number of rotatable bonds is 7. The molecule has 1 N–H and O–H groups in total. The predicted molar refractivity (Wildman–Crippen MR) is 101 cm³/mol. The van der Waals surface area contributed by atoms with Crippen LogP contribution in [0.2, 0.25) is 0 Å². The zero-order valence-electron chi connectivity index (χ0n) is 16.1. The monoisotopic (exact) mass is 358 g/mol. The molecule has 5 heteroatoms. The number of ether oxygens (including phenoxy) is 1. The molecule has 26 heavy (non-hydrogen) atoms. The van der Waals surface area contributed by atoms with Gasteiger partial charge < -0.3 is 14.6 Å². The summed E-state index contributed by atoms with van der Waals surface area (Å²) in [6, 6.07) is 2.39. The van der Waals surface area contributed by atoms with Gasteiger partial charge in [0.1, 0.15) is 0 Å². The summed E-state index contributed by atoms with van der Waals surface area (Å²) < 4.78 is 7.62. The fourth-order valence-electron chi connectivity index (χ4n) is 3.78. The first-order chi connectivity index (χ1) is 12.5. The molecule has 1 heterocycles. The van der Waals surface area contributed by atoms with Gasteiger partial charge in [-0.3, -0.25) is 4.79 Å². The highest BCUT2D eigenvalue weighted by atomic mass is 16.5. The Bertz CT molecular complexity index is 713. The van der Waals surface area contributed by atoms with Gasteiger partial charge in [-0.05, 0) is 71.8 Å². The van der Waals surface area contributed by atoms with Gasteiger partial charge in [0.05, 0.1) is 5.56 Å². The van der Waals surface area contributed by atoms with Crippen molar-refractivity contribution in [3.05, 3.63) is 34.7 Å². The molecule has 1 amide bonds. The third kappa shape index (κ3) is 4.37. The first-order valence-corrected chi connectivity index (χ1v) is 9.82. The maximum absolute atomic E-state index is 12.5. The number of amides is 1. The number of aryl methyl sites for hydroxylation is 1. The molecule has 2 aliphatic rings. The Morgan fingerprint density at radius 3 is 2.73 bits per heavy atom. The molecular formula is C21H30N2O3. The van der Waals surface area contributed by atoms with Gasteiger partial charge in [-0.2, -0.15) is 0 Å². The van der Waals surface area contributed by atoms with E-state index in [0.29, 0.717) is 18.2 Å². The maximum Gasteiger partial charge on any atom is 0.340 e. The Hall–Kier alpha value is -2.04. The Labute approximate surface area is 155 Å². The number of nitrogens with one attached hydrogen (secondary N) is 1. The normalized spacial score (nSPS) is 18.2. The minimum absolute atomic E-state index is 0.231. The highest BCUT2D eigenvalue weighted by molar-refractivity contribution is 5.93. The molecule has 1 aromatic rings. The first kappa shape index (κ1) is 18.7. The van der Waals surface area contributed by atoms with Crippen LogP contribution in [0, 0.1) is 13.8 Å². The van der Waals surface area contributed by atoms with Gasteiger partial charge in [-0.25, -0.2) is 4.79 Å². The lowest BCUT2D eigenvalue weighted by Gasteiger charge is -2.16. The number of nitrogens with zero attached hydrogens (tertiary/aromatic N) is 1. The lowest BCUT2D eigenvalue weighted by atomic mass is 9.97. The van der Waals surface area contributed by atoms with Crippen LogP contribution in [0.15, 0.2) is 17.7 Å². The van der Waals surface area contributed by atoms with Crippen LogP contribution in [0.5, 0.6) is 0 Å². The van der Waals surface area contributed by atoms with Gasteiger partial charge in [0.2, 0.25) is 0 Å². The van der Waals surface area contributed by atoms with E-state index in [-0.39, 0.29) is 5.91 Å². The van der Waals surface area contributed by atoms with Crippen molar-refractivity contribution < 1.29 is 14.3 Å². The van der Waals surface area contributed by atoms with Crippen LogP contribution in [0.1, 0.15) is 79.7 Å². The van der Waals surface area contributed by atoms with E-state index < -0.39 is 12.1 Å². The minimum atomic E-state index is -0.785. The van der Waals surface area contributed by atoms with Gasteiger partial charge in [-0.15, -0.1) is 0 Å². The van der Waals surface area contributed by atoms with Crippen molar-refractivity contribution in [2.24, 2.45) is 0 Å². The molecule has 0 bridgehead atoms. The van der Waals surface area contributed by atoms with E-state index in [1.807, 2.05) is 19.9 Å². The number of hydrogen-bond donors (Lipinski definition) is 1. The Morgan fingerprint density at radius 2 is 2.08 bits per heavy atom. The number of aromatic nitrogens is 1. The summed E-state index contributed by atoms with van der Waals surface area (Å²) in [5.74, 6) is -0.645. The van der Waals surface area contributed by atoms with E-state index in [2.05, 4.69) is 16.0 Å². The molecule has 0 unspecified atom stereocenters. The van der Waals surface area contributed by atoms with Gasteiger partial charge in [0, 0.05) is 24.0 Å².